The van der Waals surface area contributed by atoms with Gasteiger partial charge in [0.2, 0.25) is 11.8 Å². The van der Waals surface area contributed by atoms with Crippen LogP contribution in [0, 0.1) is 5.92 Å². The Labute approximate surface area is 160 Å². The second-order valence-corrected chi connectivity index (χ2v) is 7.14. The van der Waals surface area contributed by atoms with Gasteiger partial charge in [0.05, 0.1) is 20.1 Å². The number of amides is 2. The maximum atomic E-state index is 12.4. The molecule has 0 bridgehead atoms. The molecule has 2 aliphatic heterocycles. The predicted molar refractivity (Wildman–Crippen MR) is 103 cm³/mol. The number of carbonyl (C=O) groups excluding carboxylic acids is 2. The summed E-state index contributed by atoms with van der Waals surface area (Å²) in [5, 5.41) is 2.99. The molecule has 0 saturated carbocycles. The monoisotopic (exact) mass is 375 g/mol. The zero-order valence-electron chi connectivity index (χ0n) is 16.2. The highest BCUT2D eigenvalue weighted by molar-refractivity contribution is 6.00. The van der Waals surface area contributed by atoms with Gasteiger partial charge in [-0.2, -0.15) is 0 Å². The fourth-order valence-electron chi connectivity index (χ4n) is 3.79. The molecule has 0 spiro atoms. The summed E-state index contributed by atoms with van der Waals surface area (Å²) in [6.07, 6.45) is 3.75. The van der Waals surface area contributed by atoms with Crippen molar-refractivity contribution in [3.8, 4) is 11.5 Å². The predicted octanol–water partition coefficient (Wildman–Crippen LogP) is 1.66. The van der Waals surface area contributed by atoms with E-state index in [1.54, 1.807) is 31.3 Å². The van der Waals surface area contributed by atoms with Gasteiger partial charge in [0.25, 0.3) is 0 Å². The molecule has 0 radical (unpaired) electrons. The van der Waals surface area contributed by atoms with E-state index < -0.39 is 0 Å². The van der Waals surface area contributed by atoms with Crippen molar-refractivity contribution in [3.63, 3.8) is 0 Å². The summed E-state index contributed by atoms with van der Waals surface area (Å²) in [6, 6.07) is 5.36. The van der Waals surface area contributed by atoms with E-state index in [2.05, 4.69) is 10.2 Å². The maximum absolute atomic E-state index is 12.4. The molecule has 1 atom stereocenters. The summed E-state index contributed by atoms with van der Waals surface area (Å²) in [5.41, 5.74) is 0.724. The molecule has 2 aliphatic rings. The highest BCUT2D eigenvalue weighted by atomic mass is 16.5. The van der Waals surface area contributed by atoms with Crippen molar-refractivity contribution >= 4 is 17.5 Å². The van der Waals surface area contributed by atoms with Crippen molar-refractivity contribution in [1.82, 2.24) is 10.2 Å². The number of likely N-dealkylation sites (tertiary alicyclic amines) is 1. The van der Waals surface area contributed by atoms with Crippen molar-refractivity contribution in [1.29, 1.82) is 0 Å². The van der Waals surface area contributed by atoms with E-state index in [-0.39, 0.29) is 24.2 Å². The Morgan fingerprint density at radius 3 is 2.63 bits per heavy atom. The molecule has 0 aliphatic carbocycles. The second-order valence-electron chi connectivity index (χ2n) is 7.14. The molecule has 0 aromatic heterocycles. The van der Waals surface area contributed by atoms with E-state index >= 15 is 0 Å². The molecular weight excluding hydrogens is 346 g/mol. The molecular formula is C20H29N3O4. The second kappa shape index (κ2) is 9.08. The summed E-state index contributed by atoms with van der Waals surface area (Å²) in [5.74, 6) is 0.794. The Morgan fingerprint density at radius 1 is 1.19 bits per heavy atom. The van der Waals surface area contributed by atoms with Gasteiger partial charge < -0.3 is 24.6 Å². The minimum Gasteiger partial charge on any atom is -0.493 e. The summed E-state index contributed by atoms with van der Waals surface area (Å²) < 4.78 is 10.5. The lowest BCUT2D eigenvalue weighted by molar-refractivity contribution is -0.126. The van der Waals surface area contributed by atoms with Crippen LogP contribution >= 0.6 is 0 Å². The van der Waals surface area contributed by atoms with E-state index in [0.717, 1.165) is 18.7 Å². The number of rotatable bonds is 8. The minimum atomic E-state index is -0.308. The van der Waals surface area contributed by atoms with Crippen LogP contribution in [0.5, 0.6) is 11.5 Å². The van der Waals surface area contributed by atoms with Crippen LogP contribution in [0.1, 0.15) is 25.7 Å². The largest absolute Gasteiger partial charge is 0.493 e. The van der Waals surface area contributed by atoms with Gasteiger partial charge in [-0.1, -0.05) is 0 Å². The molecule has 2 amide bonds. The quantitative estimate of drug-likeness (QED) is 0.700. The van der Waals surface area contributed by atoms with Crippen LogP contribution in [-0.4, -0.2) is 63.7 Å². The Hall–Kier alpha value is -2.28. The number of anilines is 1. The van der Waals surface area contributed by atoms with Crippen LogP contribution in [-0.2, 0) is 9.59 Å². The number of methoxy groups -OCH3 is 2. The van der Waals surface area contributed by atoms with Gasteiger partial charge in [-0.15, -0.1) is 0 Å². The molecule has 7 heteroatoms. The zero-order valence-corrected chi connectivity index (χ0v) is 16.2. The van der Waals surface area contributed by atoms with Crippen LogP contribution in [0.15, 0.2) is 18.2 Å². The van der Waals surface area contributed by atoms with Crippen LogP contribution in [0.4, 0.5) is 5.69 Å². The van der Waals surface area contributed by atoms with Crippen molar-refractivity contribution in [2.45, 2.75) is 25.7 Å². The summed E-state index contributed by atoms with van der Waals surface area (Å²) in [6.45, 7) is 4.43. The van der Waals surface area contributed by atoms with Gasteiger partial charge in [-0.25, -0.2) is 0 Å². The molecule has 7 nitrogen and oxygen atoms in total. The first-order chi connectivity index (χ1) is 13.1. The van der Waals surface area contributed by atoms with E-state index in [4.69, 9.17) is 9.47 Å². The number of hydrogen-bond acceptors (Lipinski definition) is 5. The van der Waals surface area contributed by atoms with Gasteiger partial charge >= 0.3 is 0 Å². The smallest absolute Gasteiger partial charge is 0.227 e. The highest BCUT2D eigenvalue weighted by Gasteiger charge is 2.35. The topological polar surface area (TPSA) is 71.1 Å². The lowest BCUT2D eigenvalue weighted by Crippen LogP contribution is -2.34. The molecule has 1 aromatic rings. The number of ether oxygens (including phenoxy) is 2. The SMILES string of the molecule is COc1ccc(N2CC(C(=O)NCCCN3CCCC3)CC2=O)cc1OC. The molecule has 3 rings (SSSR count). The van der Waals surface area contributed by atoms with Gasteiger partial charge in [-0.05, 0) is 51.0 Å². The molecule has 148 valence electrons. The standard InChI is InChI=1S/C20H29N3O4/c1-26-17-7-6-16(13-18(17)27-2)23-14-15(12-19(23)24)20(25)21-8-5-11-22-9-3-4-10-22/h6-7,13,15H,3-5,8-12,14H2,1-2H3,(H,21,25). The molecule has 27 heavy (non-hydrogen) atoms. The van der Waals surface area contributed by atoms with Gasteiger partial charge in [0, 0.05) is 31.3 Å². The number of carbonyl (C=O) groups is 2. The molecule has 2 saturated heterocycles. The zero-order chi connectivity index (χ0) is 19.2. The van der Waals surface area contributed by atoms with Crippen LogP contribution in [0.2, 0.25) is 0 Å². The third-order valence-electron chi connectivity index (χ3n) is 5.32. The van der Waals surface area contributed by atoms with Crippen molar-refractivity contribution in [3.05, 3.63) is 18.2 Å². The number of hydrogen-bond donors (Lipinski definition) is 1. The van der Waals surface area contributed by atoms with Gasteiger partial charge in [0.15, 0.2) is 11.5 Å². The number of benzene rings is 1. The Balaban J connectivity index is 1.51. The lowest BCUT2D eigenvalue weighted by Gasteiger charge is -2.19. The average molecular weight is 375 g/mol. The Kier molecular flexibility index (Phi) is 6.55. The summed E-state index contributed by atoms with van der Waals surface area (Å²) in [4.78, 5) is 28.9. The van der Waals surface area contributed by atoms with E-state index in [1.807, 2.05) is 6.07 Å². The number of nitrogens with zero attached hydrogens (tertiary/aromatic N) is 2. The Bertz CT molecular complexity index is 673. The van der Waals surface area contributed by atoms with Crippen molar-refractivity contribution < 1.29 is 19.1 Å². The molecule has 1 unspecified atom stereocenters. The molecule has 2 heterocycles. The molecule has 1 aromatic carbocycles. The first-order valence-corrected chi connectivity index (χ1v) is 9.65. The Morgan fingerprint density at radius 2 is 1.93 bits per heavy atom. The highest BCUT2D eigenvalue weighted by Crippen LogP contribution is 2.34. The van der Waals surface area contributed by atoms with Crippen molar-refractivity contribution in [2.75, 3.05) is 51.8 Å². The normalized spacial score (nSPS) is 20.1. The molecule has 1 N–H and O–H groups in total. The number of nitrogens with one attached hydrogen (secondary N) is 1. The molecule has 2 fully saturated rings. The first-order valence-electron chi connectivity index (χ1n) is 9.65. The minimum absolute atomic E-state index is 0.0345. The summed E-state index contributed by atoms with van der Waals surface area (Å²) in [7, 11) is 3.13. The van der Waals surface area contributed by atoms with Crippen LogP contribution < -0.4 is 19.7 Å². The van der Waals surface area contributed by atoms with E-state index in [9.17, 15) is 9.59 Å². The fourth-order valence-corrected chi connectivity index (χ4v) is 3.79. The van der Waals surface area contributed by atoms with Crippen LogP contribution in [0.25, 0.3) is 0 Å². The third kappa shape index (κ3) is 4.71. The average Bonchev–Trinajstić information content (AvgIpc) is 3.34. The van der Waals surface area contributed by atoms with Crippen LogP contribution in [0.3, 0.4) is 0 Å². The van der Waals surface area contributed by atoms with E-state index in [0.29, 0.717) is 24.6 Å². The van der Waals surface area contributed by atoms with E-state index in [1.165, 1.54) is 25.9 Å². The summed E-state index contributed by atoms with van der Waals surface area (Å²) >= 11 is 0. The van der Waals surface area contributed by atoms with Gasteiger partial charge in [0.1, 0.15) is 0 Å². The van der Waals surface area contributed by atoms with Gasteiger partial charge in [-0.3, -0.25) is 9.59 Å². The van der Waals surface area contributed by atoms with Crippen molar-refractivity contribution in [2.24, 2.45) is 5.92 Å². The fraction of sp³-hybridized carbons (Fsp3) is 0.600. The third-order valence-corrected chi connectivity index (χ3v) is 5.32. The maximum Gasteiger partial charge on any atom is 0.227 e. The first kappa shape index (κ1) is 19.5. The lowest BCUT2D eigenvalue weighted by atomic mass is 10.1.